The summed E-state index contributed by atoms with van der Waals surface area (Å²) >= 11 is 0. The van der Waals surface area contributed by atoms with Gasteiger partial charge in [-0.1, -0.05) is 12.1 Å². The average molecular weight is 548 g/mol. The van der Waals surface area contributed by atoms with Crippen molar-refractivity contribution in [3.8, 4) is 0 Å². The van der Waals surface area contributed by atoms with Crippen LogP contribution in [0.15, 0.2) is 18.2 Å². The van der Waals surface area contributed by atoms with Crippen molar-refractivity contribution in [2.45, 2.75) is 64.6 Å². The van der Waals surface area contributed by atoms with E-state index in [0.717, 1.165) is 11.1 Å². The summed E-state index contributed by atoms with van der Waals surface area (Å²) in [4.78, 5) is 61.4. The number of hydrogen-bond acceptors (Lipinski definition) is 9. The first-order valence-corrected chi connectivity index (χ1v) is 13.1. The molecule has 1 unspecified atom stereocenters. The largest absolute Gasteiger partial charge is 0.463 e. The molecule has 2 N–H and O–H groups in total. The molecule has 3 rings (SSSR count). The Kier molecular flexibility index (Phi) is 10.8. The highest BCUT2D eigenvalue weighted by atomic mass is 16.6. The predicted molar refractivity (Wildman–Crippen MR) is 138 cm³/mol. The molecule has 0 aromatic heterocycles. The van der Waals surface area contributed by atoms with Crippen molar-refractivity contribution in [2.24, 2.45) is 0 Å². The molecule has 2 heterocycles. The average Bonchev–Trinajstić information content (AvgIpc) is 3.18. The van der Waals surface area contributed by atoms with Crippen LogP contribution >= 0.6 is 0 Å². The van der Waals surface area contributed by atoms with Crippen LogP contribution in [0.5, 0.6) is 0 Å². The zero-order valence-electron chi connectivity index (χ0n) is 22.7. The summed E-state index contributed by atoms with van der Waals surface area (Å²) in [7, 11) is 0. The smallest absolute Gasteiger partial charge is 0.407 e. The minimum atomic E-state index is -0.657. The molecule has 0 aliphatic carbocycles. The number of piperidine rings is 1. The molecule has 39 heavy (non-hydrogen) atoms. The molecule has 1 saturated heterocycles. The summed E-state index contributed by atoms with van der Waals surface area (Å²) in [6.07, 6.45) is 0.652. The molecule has 12 heteroatoms. The maximum absolute atomic E-state index is 12.8. The van der Waals surface area contributed by atoms with Crippen LogP contribution in [0.2, 0.25) is 0 Å². The maximum Gasteiger partial charge on any atom is 0.407 e. The zero-order chi connectivity index (χ0) is 28.4. The summed E-state index contributed by atoms with van der Waals surface area (Å²) in [5.74, 6) is -1.35. The molecule has 0 saturated carbocycles. The van der Waals surface area contributed by atoms with Gasteiger partial charge in [-0.15, -0.1) is 0 Å². The van der Waals surface area contributed by atoms with Crippen molar-refractivity contribution in [1.29, 1.82) is 0 Å². The Morgan fingerprint density at radius 2 is 1.77 bits per heavy atom. The van der Waals surface area contributed by atoms with Gasteiger partial charge in [-0.3, -0.25) is 24.5 Å². The maximum atomic E-state index is 12.8. The number of fused-ring (bicyclic) bond motifs is 1. The van der Waals surface area contributed by atoms with Crippen LogP contribution in [0.25, 0.3) is 0 Å². The van der Waals surface area contributed by atoms with E-state index in [1.807, 2.05) is 6.07 Å². The number of imide groups is 1. The molecule has 0 spiro atoms. The number of nitrogens with one attached hydrogen (secondary N) is 2. The van der Waals surface area contributed by atoms with E-state index < -0.39 is 23.6 Å². The number of nitrogens with zero attached hydrogens (tertiary/aromatic N) is 1. The molecule has 1 atom stereocenters. The van der Waals surface area contributed by atoms with E-state index in [0.29, 0.717) is 51.3 Å². The van der Waals surface area contributed by atoms with Gasteiger partial charge in [-0.05, 0) is 50.8 Å². The molecule has 214 valence electrons. The number of carbonyl (C=O) groups excluding carboxylic acids is 5. The van der Waals surface area contributed by atoms with Gasteiger partial charge in [-0.2, -0.15) is 0 Å². The molecular weight excluding hydrogens is 510 g/mol. The second-order valence-corrected chi connectivity index (χ2v) is 10.3. The minimum Gasteiger partial charge on any atom is -0.463 e. The van der Waals surface area contributed by atoms with Crippen molar-refractivity contribution in [2.75, 3.05) is 39.6 Å². The fourth-order valence-electron chi connectivity index (χ4n) is 4.18. The van der Waals surface area contributed by atoms with Crippen molar-refractivity contribution >= 4 is 29.8 Å². The number of esters is 1. The highest BCUT2D eigenvalue weighted by Crippen LogP contribution is 2.28. The standard InChI is InChI=1S/C27H37N3O9/c1-27(2,3)39-26(35)28-10-11-36-12-13-37-14-15-38-23(32)9-5-18-4-6-20-19(16-18)17-30(25(20)34)21-7-8-22(31)29-24(21)33/h4,6,16,21H,5,7-15,17H2,1-3H3,(H,28,35)(H,29,31,33). The summed E-state index contributed by atoms with van der Waals surface area (Å²) in [5, 5.41) is 4.88. The predicted octanol–water partition coefficient (Wildman–Crippen LogP) is 1.48. The Morgan fingerprint density at radius 1 is 1.05 bits per heavy atom. The Hall–Kier alpha value is -3.51. The van der Waals surface area contributed by atoms with Crippen molar-refractivity contribution in [3.63, 3.8) is 0 Å². The van der Waals surface area contributed by atoms with Gasteiger partial charge in [0.2, 0.25) is 11.8 Å². The van der Waals surface area contributed by atoms with Crippen LogP contribution in [0.1, 0.15) is 61.5 Å². The molecule has 4 amide bonds. The van der Waals surface area contributed by atoms with Crippen LogP contribution in [-0.2, 0) is 46.3 Å². The van der Waals surface area contributed by atoms with Gasteiger partial charge in [0, 0.05) is 31.5 Å². The second kappa shape index (κ2) is 14.0. The number of alkyl carbamates (subject to hydrolysis) is 1. The topological polar surface area (TPSA) is 150 Å². The fourth-order valence-corrected chi connectivity index (χ4v) is 4.18. The lowest BCUT2D eigenvalue weighted by atomic mass is 10.0. The van der Waals surface area contributed by atoms with Gasteiger partial charge >= 0.3 is 12.1 Å². The molecule has 0 radical (unpaired) electrons. The van der Waals surface area contributed by atoms with E-state index in [9.17, 15) is 24.0 Å². The third-order valence-corrected chi connectivity index (χ3v) is 5.98. The molecule has 2 aliphatic rings. The van der Waals surface area contributed by atoms with Gasteiger partial charge < -0.3 is 29.2 Å². The first-order valence-electron chi connectivity index (χ1n) is 13.1. The number of benzene rings is 1. The van der Waals surface area contributed by atoms with E-state index in [-0.39, 0.29) is 43.8 Å². The highest BCUT2D eigenvalue weighted by molar-refractivity contribution is 6.05. The first kappa shape index (κ1) is 30.0. The first-order chi connectivity index (χ1) is 18.5. The number of amides is 4. The SMILES string of the molecule is CC(C)(C)OC(=O)NCCOCCOCCOC(=O)CCc1ccc2c(c1)CN(C1CCC(=O)NC1=O)C2=O. The molecule has 0 bridgehead atoms. The van der Waals surface area contributed by atoms with E-state index in [1.54, 1.807) is 32.9 Å². The van der Waals surface area contributed by atoms with E-state index in [2.05, 4.69) is 10.6 Å². The molecule has 1 aromatic rings. The Bertz CT molecular complexity index is 1070. The van der Waals surface area contributed by atoms with Gasteiger partial charge in [0.1, 0.15) is 18.2 Å². The Balaban J connectivity index is 1.25. The molecule has 1 fully saturated rings. The molecule has 1 aromatic carbocycles. The molecular formula is C27H37N3O9. The van der Waals surface area contributed by atoms with Crippen LogP contribution in [0.3, 0.4) is 0 Å². The van der Waals surface area contributed by atoms with Gasteiger partial charge in [-0.25, -0.2) is 4.79 Å². The van der Waals surface area contributed by atoms with Crippen molar-refractivity contribution in [3.05, 3.63) is 34.9 Å². The van der Waals surface area contributed by atoms with Crippen LogP contribution < -0.4 is 10.6 Å². The van der Waals surface area contributed by atoms with Crippen LogP contribution in [0.4, 0.5) is 4.79 Å². The number of rotatable bonds is 13. The minimum absolute atomic E-state index is 0.124. The summed E-state index contributed by atoms with van der Waals surface area (Å²) in [6, 6.07) is 4.73. The summed E-state index contributed by atoms with van der Waals surface area (Å²) in [6.45, 7) is 7.33. The number of ether oxygens (including phenoxy) is 4. The highest BCUT2D eigenvalue weighted by Gasteiger charge is 2.39. The van der Waals surface area contributed by atoms with Crippen molar-refractivity contribution in [1.82, 2.24) is 15.5 Å². The molecule has 12 nitrogen and oxygen atoms in total. The zero-order valence-corrected chi connectivity index (χ0v) is 22.7. The quantitative estimate of drug-likeness (QED) is 0.213. The third-order valence-electron chi connectivity index (χ3n) is 5.98. The number of hydrogen-bond donors (Lipinski definition) is 2. The lowest BCUT2D eigenvalue weighted by Gasteiger charge is -2.29. The van der Waals surface area contributed by atoms with Crippen molar-refractivity contribution < 1.29 is 42.9 Å². The van der Waals surface area contributed by atoms with E-state index in [4.69, 9.17) is 18.9 Å². The van der Waals surface area contributed by atoms with Gasteiger partial charge in [0.15, 0.2) is 0 Å². The number of aryl methyl sites for hydroxylation is 1. The monoisotopic (exact) mass is 547 g/mol. The van der Waals surface area contributed by atoms with Crippen LogP contribution in [-0.4, -0.2) is 85.9 Å². The second-order valence-electron chi connectivity index (χ2n) is 10.3. The lowest BCUT2D eigenvalue weighted by Crippen LogP contribution is -2.52. The van der Waals surface area contributed by atoms with Gasteiger partial charge in [0.25, 0.3) is 5.91 Å². The number of carbonyl (C=O) groups is 5. The Morgan fingerprint density at radius 3 is 2.49 bits per heavy atom. The van der Waals surface area contributed by atoms with E-state index in [1.165, 1.54) is 4.90 Å². The fraction of sp³-hybridized carbons (Fsp3) is 0.593. The van der Waals surface area contributed by atoms with Gasteiger partial charge in [0.05, 0.1) is 26.4 Å². The third kappa shape index (κ3) is 9.63. The van der Waals surface area contributed by atoms with E-state index >= 15 is 0 Å². The normalized spacial score (nSPS) is 17.1. The summed E-state index contributed by atoms with van der Waals surface area (Å²) in [5.41, 5.74) is 1.67. The Labute approximate surface area is 227 Å². The van der Waals surface area contributed by atoms with Crippen LogP contribution in [0, 0.1) is 0 Å². The summed E-state index contributed by atoms with van der Waals surface area (Å²) < 4.78 is 21.1. The molecule has 2 aliphatic heterocycles. The lowest BCUT2D eigenvalue weighted by molar-refractivity contribution is -0.145.